The molecule has 1 unspecified atom stereocenters. The molecule has 6 heteroatoms. The van der Waals surface area contributed by atoms with Crippen LogP contribution in [-0.4, -0.2) is 5.91 Å². The van der Waals surface area contributed by atoms with Crippen molar-refractivity contribution < 1.29 is 9.18 Å². The third-order valence-corrected chi connectivity index (χ3v) is 5.41. The minimum atomic E-state index is -0.409. The predicted molar refractivity (Wildman–Crippen MR) is 110 cm³/mol. The lowest BCUT2D eigenvalue weighted by Gasteiger charge is -2.28. The number of hydrogen-bond acceptors (Lipinski definition) is 2. The lowest BCUT2D eigenvalue weighted by molar-refractivity contribution is -0.116. The molecule has 3 nitrogen and oxygen atoms in total. The van der Waals surface area contributed by atoms with Gasteiger partial charge in [0.1, 0.15) is 5.82 Å². The van der Waals surface area contributed by atoms with Gasteiger partial charge < -0.3 is 10.6 Å². The monoisotopic (exact) mass is 408 g/mol. The molecule has 1 aliphatic rings. The normalized spacial score (nSPS) is 16.1. The highest BCUT2D eigenvalue weighted by molar-refractivity contribution is 6.42. The molecule has 2 aromatic carbocycles. The zero-order valence-electron chi connectivity index (χ0n) is 15.4. The maximum Gasteiger partial charge on any atom is 0.224 e. The van der Waals surface area contributed by atoms with Gasteiger partial charge in [-0.3, -0.25) is 4.79 Å². The molecule has 0 aliphatic heterocycles. The van der Waals surface area contributed by atoms with E-state index >= 15 is 0 Å². The first-order valence-electron chi connectivity index (χ1n) is 9.17. The highest BCUT2D eigenvalue weighted by Crippen LogP contribution is 2.36. The first-order chi connectivity index (χ1) is 12.8. The number of halogens is 3. The van der Waals surface area contributed by atoms with Crippen molar-refractivity contribution in [2.75, 3.05) is 10.6 Å². The number of carbonyl (C=O) groups is 1. The Morgan fingerprint density at radius 3 is 2.70 bits per heavy atom. The van der Waals surface area contributed by atoms with Gasteiger partial charge in [0.15, 0.2) is 0 Å². The van der Waals surface area contributed by atoms with Crippen LogP contribution in [-0.2, 0) is 11.2 Å². The van der Waals surface area contributed by atoms with E-state index in [0.717, 1.165) is 36.1 Å². The van der Waals surface area contributed by atoms with Crippen LogP contribution in [0.4, 0.5) is 15.8 Å². The SMILES string of the molecule is CC(C)CC(=O)Nc1cc2c(cc1F)C(Nc1ccc(Cl)c(Cl)c1)CCC2. The highest BCUT2D eigenvalue weighted by atomic mass is 35.5. The van der Waals surface area contributed by atoms with Crippen LogP contribution in [0.3, 0.4) is 0 Å². The van der Waals surface area contributed by atoms with Gasteiger partial charge in [-0.2, -0.15) is 0 Å². The number of amides is 1. The molecule has 1 amide bonds. The van der Waals surface area contributed by atoms with E-state index < -0.39 is 5.82 Å². The van der Waals surface area contributed by atoms with Crippen LogP contribution in [0, 0.1) is 11.7 Å². The molecule has 3 rings (SSSR count). The van der Waals surface area contributed by atoms with Crippen LogP contribution < -0.4 is 10.6 Å². The number of benzene rings is 2. The molecule has 0 saturated carbocycles. The molecule has 0 saturated heterocycles. The number of rotatable bonds is 5. The molecule has 2 aromatic rings. The fourth-order valence-corrected chi connectivity index (χ4v) is 3.73. The van der Waals surface area contributed by atoms with E-state index in [1.807, 2.05) is 19.9 Å². The van der Waals surface area contributed by atoms with Gasteiger partial charge in [-0.05, 0) is 66.6 Å². The molecule has 2 N–H and O–H groups in total. The van der Waals surface area contributed by atoms with Crippen molar-refractivity contribution in [3.8, 4) is 0 Å². The summed E-state index contributed by atoms with van der Waals surface area (Å²) in [5.41, 5.74) is 3.08. The Morgan fingerprint density at radius 1 is 1.22 bits per heavy atom. The summed E-state index contributed by atoms with van der Waals surface area (Å²) in [4.78, 5) is 12.0. The summed E-state index contributed by atoms with van der Waals surface area (Å²) in [6, 6.07) is 8.67. The average Bonchev–Trinajstić information content (AvgIpc) is 2.59. The maximum atomic E-state index is 14.6. The summed E-state index contributed by atoms with van der Waals surface area (Å²) in [6.07, 6.45) is 3.11. The van der Waals surface area contributed by atoms with Crippen molar-refractivity contribution in [1.29, 1.82) is 0 Å². The Kier molecular flexibility index (Phi) is 6.28. The van der Waals surface area contributed by atoms with Crippen LogP contribution in [0.5, 0.6) is 0 Å². The van der Waals surface area contributed by atoms with Gasteiger partial charge in [0, 0.05) is 12.1 Å². The predicted octanol–water partition coefficient (Wildman–Crippen LogP) is 6.61. The van der Waals surface area contributed by atoms with Gasteiger partial charge in [-0.25, -0.2) is 4.39 Å². The van der Waals surface area contributed by atoms with Crippen molar-refractivity contribution in [3.05, 3.63) is 57.3 Å². The van der Waals surface area contributed by atoms with E-state index in [2.05, 4.69) is 10.6 Å². The summed E-state index contributed by atoms with van der Waals surface area (Å²) in [6.45, 7) is 3.92. The second-order valence-corrected chi connectivity index (χ2v) is 8.21. The van der Waals surface area contributed by atoms with E-state index in [-0.39, 0.29) is 23.6 Å². The largest absolute Gasteiger partial charge is 0.378 e. The third-order valence-electron chi connectivity index (χ3n) is 4.67. The molecule has 0 bridgehead atoms. The van der Waals surface area contributed by atoms with Crippen molar-refractivity contribution in [1.82, 2.24) is 0 Å². The third kappa shape index (κ3) is 4.94. The number of anilines is 2. The average molecular weight is 409 g/mol. The van der Waals surface area contributed by atoms with E-state index in [9.17, 15) is 9.18 Å². The lowest BCUT2D eigenvalue weighted by atomic mass is 9.87. The zero-order valence-corrected chi connectivity index (χ0v) is 16.9. The smallest absolute Gasteiger partial charge is 0.224 e. The molecule has 0 heterocycles. The van der Waals surface area contributed by atoms with Gasteiger partial charge in [0.05, 0.1) is 21.8 Å². The van der Waals surface area contributed by atoms with Crippen molar-refractivity contribution >= 4 is 40.5 Å². The topological polar surface area (TPSA) is 41.1 Å². The Bertz CT molecular complexity index is 854. The van der Waals surface area contributed by atoms with E-state index in [1.165, 1.54) is 6.07 Å². The van der Waals surface area contributed by atoms with Crippen LogP contribution in [0.1, 0.15) is 50.3 Å². The number of aryl methyl sites for hydroxylation is 1. The van der Waals surface area contributed by atoms with Crippen molar-refractivity contribution in [3.63, 3.8) is 0 Å². The van der Waals surface area contributed by atoms with Crippen LogP contribution in [0.2, 0.25) is 10.0 Å². The fourth-order valence-electron chi connectivity index (χ4n) is 3.43. The molecular formula is C21H23Cl2FN2O. The lowest BCUT2D eigenvalue weighted by Crippen LogP contribution is -2.20. The van der Waals surface area contributed by atoms with E-state index in [1.54, 1.807) is 18.2 Å². The standard InChI is InChI=1S/C21H23Cl2FN2O/c1-12(2)8-21(27)26-20-9-13-4-3-5-19(15(13)11-18(20)24)25-14-6-7-16(22)17(23)10-14/h6-7,9-12,19,25H,3-5,8H2,1-2H3,(H,26,27). The van der Waals surface area contributed by atoms with Gasteiger partial charge >= 0.3 is 0 Å². The summed E-state index contributed by atoms with van der Waals surface area (Å²) in [5, 5.41) is 7.10. The minimum absolute atomic E-state index is 0.0130. The Morgan fingerprint density at radius 2 is 2.00 bits per heavy atom. The maximum absolute atomic E-state index is 14.6. The summed E-state index contributed by atoms with van der Waals surface area (Å²) in [7, 11) is 0. The summed E-state index contributed by atoms with van der Waals surface area (Å²) < 4.78 is 14.6. The summed E-state index contributed by atoms with van der Waals surface area (Å²) >= 11 is 12.1. The van der Waals surface area contributed by atoms with Crippen LogP contribution in [0.15, 0.2) is 30.3 Å². The Labute approximate surface area is 169 Å². The second kappa shape index (κ2) is 8.49. The Balaban J connectivity index is 1.82. The van der Waals surface area contributed by atoms with Gasteiger partial charge in [-0.15, -0.1) is 0 Å². The first kappa shape index (κ1) is 20.0. The van der Waals surface area contributed by atoms with Gasteiger partial charge in [0.2, 0.25) is 5.91 Å². The van der Waals surface area contributed by atoms with Gasteiger partial charge in [-0.1, -0.05) is 37.0 Å². The van der Waals surface area contributed by atoms with Gasteiger partial charge in [0.25, 0.3) is 0 Å². The first-order valence-corrected chi connectivity index (χ1v) is 9.93. The van der Waals surface area contributed by atoms with Crippen LogP contribution in [0.25, 0.3) is 0 Å². The number of nitrogens with one attached hydrogen (secondary N) is 2. The zero-order chi connectivity index (χ0) is 19.6. The fraction of sp³-hybridized carbons (Fsp3) is 0.381. The molecular weight excluding hydrogens is 386 g/mol. The van der Waals surface area contributed by atoms with Crippen molar-refractivity contribution in [2.24, 2.45) is 5.92 Å². The van der Waals surface area contributed by atoms with E-state index in [0.29, 0.717) is 16.5 Å². The number of carbonyl (C=O) groups excluding carboxylic acids is 1. The summed E-state index contributed by atoms with van der Waals surface area (Å²) in [5.74, 6) is -0.343. The highest BCUT2D eigenvalue weighted by Gasteiger charge is 2.23. The quantitative estimate of drug-likeness (QED) is 0.584. The molecule has 0 fully saturated rings. The second-order valence-electron chi connectivity index (χ2n) is 7.40. The van der Waals surface area contributed by atoms with E-state index in [4.69, 9.17) is 23.2 Å². The Hall–Kier alpha value is -1.78. The molecule has 0 radical (unpaired) electrons. The minimum Gasteiger partial charge on any atom is -0.378 e. The number of hydrogen-bond donors (Lipinski definition) is 2. The molecule has 0 spiro atoms. The van der Waals surface area contributed by atoms with Crippen LogP contribution >= 0.6 is 23.2 Å². The van der Waals surface area contributed by atoms with Crippen molar-refractivity contribution in [2.45, 2.75) is 45.6 Å². The molecule has 144 valence electrons. The molecule has 0 aromatic heterocycles. The molecule has 27 heavy (non-hydrogen) atoms. The molecule has 1 aliphatic carbocycles. The molecule has 1 atom stereocenters. The number of fused-ring (bicyclic) bond motifs is 1.